The average molecular weight is 1630 g/mol. The molecule has 3 aliphatic rings. The minimum absolute atomic E-state index is 0. The van der Waals surface area contributed by atoms with Gasteiger partial charge in [0.25, 0.3) is 16.7 Å². The Labute approximate surface area is 618 Å². The lowest BCUT2D eigenvalue weighted by atomic mass is 10.0. The van der Waals surface area contributed by atoms with Gasteiger partial charge < -0.3 is 38.4 Å². The first-order chi connectivity index (χ1) is 47.9. The summed E-state index contributed by atoms with van der Waals surface area (Å²) in [6.07, 6.45) is -13.0. The molecule has 105 heavy (non-hydrogen) atoms. The SMILES string of the molecule is C.C.C.CN(C)Cc1cn(CC(=O)N2CCC(F)C2)c(=O)c2c(-c3ccc(F)c(C(F)(F)F)c3)csc12.O=C(Cn1cc(CCl)c2scc(-c3ccc(F)c(C(F)(F)F)c3)c2c1=O)N1CCC(F)C1.O=C(Cn1cc(CO)c2scc(-c3ccc(F)c(C(F)(F)F)c3)c2c1=O)N1CCC(F)C1.O=S(Cl)Cl. The van der Waals surface area contributed by atoms with Crippen LogP contribution >= 0.6 is 67.0 Å². The molecule has 3 unspecified atom stereocenters. The summed E-state index contributed by atoms with van der Waals surface area (Å²) in [7, 11) is 11.0. The van der Waals surface area contributed by atoms with Crippen LogP contribution in [0.25, 0.3) is 63.6 Å². The summed E-state index contributed by atoms with van der Waals surface area (Å²) in [4.78, 5) is 83.3. The number of carbonyl (C=O) groups is 3. The van der Waals surface area contributed by atoms with Gasteiger partial charge in [-0.3, -0.25) is 28.8 Å². The number of rotatable bonds is 13. The van der Waals surface area contributed by atoms with Gasteiger partial charge in [-0.15, -0.1) is 45.6 Å². The Morgan fingerprint density at radius 2 is 0.790 bits per heavy atom. The minimum atomic E-state index is -4.92. The van der Waals surface area contributed by atoms with Crippen LogP contribution in [0.1, 0.15) is 74.9 Å². The average Bonchev–Trinajstić information content (AvgIpc) is 1.66. The van der Waals surface area contributed by atoms with Crippen LogP contribution in [0, 0.1) is 17.5 Å². The van der Waals surface area contributed by atoms with Gasteiger partial charge in [0.05, 0.1) is 65.0 Å². The van der Waals surface area contributed by atoms with Crippen LogP contribution in [-0.4, -0.2) is 132 Å². The summed E-state index contributed by atoms with van der Waals surface area (Å²) in [6.45, 7) is -0.521. The van der Waals surface area contributed by atoms with Crippen molar-refractivity contribution in [3.8, 4) is 33.4 Å². The quantitative estimate of drug-likeness (QED) is 0.0671. The number of hydrogen-bond donors (Lipinski definition) is 1. The standard InChI is InChI=1S/C23H22F5N3O2S.C21H16ClF5N2O2S.C21H17F5N2O3S.3CH4.Cl2OS/c1-29(2)8-14-9-31(11-19(32)30-6-5-15(24)10-30)22(33)20-16(12-34-21(14)20)13-3-4-18(25)17(7-13)23(26,27)28;22-6-12-7-29(9-17(30)28-4-3-13(23)8-28)20(31)18-14(10-32-19(12)18)11-1-2-16(24)15(5-11)21(25,26)27;22-13-3-4-27(7-13)17(30)8-28-6-12(9-29)19-18(20(28)31)14(10-32-19)11-1-2-16(23)15(5-11)21(24,25)26;;;;1-4(2)3/h3-4,7,9,12,15H,5-6,8,10-11H2,1-2H3;1-2,5,7,10,13H,3-4,6,8-9H2;1-2,5-6,10,13,29H,3-4,7-9H2;3*1H4;. The van der Waals surface area contributed by atoms with Crippen molar-refractivity contribution in [1.29, 1.82) is 0 Å². The van der Waals surface area contributed by atoms with Crippen LogP contribution in [0.5, 0.6) is 0 Å². The summed E-state index contributed by atoms with van der Waals surface area (Å²) < 4.78 is 214. The molecule has 3 atom stereocenters. The maximum atomic E-state index is 13.8. The summed E-state index contributed by atoms with van der Waals surface area (Å²) in [5.74, 6) is -5.57. The number of likely N-dealkylation sites (tertiary alicyclic amines) is 3. The van der Waals surface area contributed by atoms with E-state index in [0.29, 0.717) is 67.7 Å². The van der Waals surface area contributed by atoms with Gasteiger partial charge in [-0.05, 0) is 86.4 Å². The van der Waals surface area contributed by atoms with Gasteiger partial charge in [0, 0.05) is 130 Å². The lowest BCUT2D eigenvalue weighted by Crippen LogP contribution is -2.35. The van der Waals surface area contributed by atoms with Crippen LogP contribution < -0.4 is 16.7 Å². The number of aliphatic hydroxyl groups is 1. The van der Waals surface area contributed by atoms with Crippen LogP contribution in [0.3, 0.4) is 0 Å². The van der Waals surface area contributed by atoms with Crippen LogP contribution in [0.4, 0.5) is 65.9 Å². The number of alkyl halides is 13. The van der Waals surface area contributed by atoms with Gasteiger partial charge in [0.2, 0.25) is 26.9 Å². The highest BCUT2D eigenvalue weighted by atomic mass is 36.0. The van der Waals surface area contributed by atoms with E-state index in [1.54, 1.807) is 11.6 Å². The Kier molecular flexibility index (Phi) is 29.4. The second-order valence-corrected chi connectivity index (χ2v) is 29.2. The highest BCUT2D eigenvalue weighted by Crippen LogP contribution is 2.42. The maximum absolute atomic E-state index is 13.8. The van der Waals surface area contributed by atoms with Crippen molar-refractivity contribution >= 4 is 124 Å². The van der Waals surface area contributed by atoms with Crippen molar-refractivity contribution in [1.82, 2.24) is 33.3 Å². The molecule has 0 radical (unpaired) electrons. The normalized spacial score (nSPS) is 16.0. The van der Waals surface area contributed by atoms with Crippen molar-refractivity contribution < 1.29 is 89.6 Å². The van der Waals surface area contributed by atoms with Gasteiger partial charge in [-0.25, -0.2) is 30.6 Å². The van der Waals surface area contributed by atoms with Gasteiger partial charge in [-0.1, -0.05) is 40.5 Å². The molecule has 6 aromatic heterocycles. The number of nitrogens with zero attached hydrogens (tertiary/aromatic N) is 7. The van der Waals surface area contributed by atoms with Gasteiger partial charge in [0.1, 0.15) is 55.6 Å². The molecule has 3 fully saturated rings. The van der Waals surface area contributed by atoms with Crippen molar-refractivity contribution in [2.45, 2.75) is 117 Å². The summed E-state index contributed by atoms with van der Waals surface area (Å²) in [6, 6.07) is 7.59. The third kappa shape index (κ3) is 20.1. The molecule has 0 saturated carbocycles. The van der Waals surface area contributed by atoms with E-state index in [2.05, 4.69) is 21.4 Å². The van der Waals surface area contributed by atoms with Crippen molar-refractivity contribution in [3.05, 3.63) is 171 Å². The zero-order valence-electron chi connectivity index (χ0n) is 52.9. The van der Waals surface area contributed by atoms with E-state index in [4.69, 9.17) is 15.8 Å². The number of aliphatic hydroxyl groups excluding tert-OH is 1. The first-order valence-corrected chi connectivity index (χ1v) is 36.2. The van der Waals surface area contributed by atoms with Crippen molar-refractivity contribution in [2.24, 2.45) is 0 Å². The molecule has 0 bridgehead atoms. The number of fused-ring (bicyclic) bond motifs is 3. The molecule has 0 spiro atoms. The van der Waals surface area contributed by atoms with Crippen molar-refractivity contribution in [2.75, 3.05) is 53.4 Å². The van der Waals surface area contributed by atoms with E-state index in [1.807, 2.05) is 19.0 Å². The van der Waals surface area contributed by atoms with E-state index in [1.165, 1.54) is 65.9 Å². The molecule has 3 saturated heterocycles. The fourth-order valence-corrected chi connectivity index (χ4v) is 15.2. The Hall–Kier alpha value is -7.31. The van der Waals surface area contributed by atoms with Crippen LogP contribution in [0.2, 0.25) is 0 Å². The molecule has 9 aromatic rings. The zero-order valence-corrected chi connectivity index (χ0v) is 58.4. The Morgan fingerprint density at radius 3 is 1.05 bits per heavy atom. The van der Waals surface area contributed by atoms with E-state index in [-0.39, 0.29) is 149 Å². The smallest absolute Gasteiger partial charge is 0.392 e. The first-order valence-electron chi connectivity index (χ1n) is 30.2. The Bertz CT molecular complexity index is 4670. The number of thiophene rings is 3. The lowest BCUT2D eigenvalue weighted by molar-refractivity contribution is -0.140. The number of carbonyl (C=O) groups excluding carboxylic acids is 3. The van der Waals surface area contributed by atoms with Crippen LogP contribution in [-0.2, 0) is 80.8 Å². The number of aromatic nitrogens is 3. The van der Waals surface area contributed by atoms with Crippen molar-refractivity contribution in [3.63, 3.8) is 0 Å². The maximum Gasteiger partial charge on any atom is 0.419 e. The molecule has 15 nitrogen and oxygen atoms in total. The second kappa shape index (κ2) is 35.6. The number of pyridine rings is 3. The molecule has 37 heteroatoms. The summed E-state index contributed by atoms with van der Waals surface area (Å²) in [5.41, 5.74) is -3.92. The van der Waals surface area contributed by atoms with Gasteiger partial charge in [-0.2, -0.15) is 39.5 Å². The second-order valence-electron chi connectivity index (χ2n) is 23.8. The van der Waals surface area contributed by atoms with Gasteiger partial charge >= 0.3 is 18.5 Å². The molecule has 12 rings (SSSR count). The first kappa shape index (κ1) is 86.6. The molecule has 3 aromatic carbocycles. The highest BCUT2D eigenvalue weighted by molar-refractivity contribution is 8.26. The number of halogens is 18. The summed E-state index contributed by atoms with van der Waals surface area (Å²) in [5, 5.41) is 14.6. The monoisotopic (exact) mass is 1630 g/mol. The summed E-state index contributed by atoms with van der Waals surface area (Å²) >= 11 is 9.40. The highest BCUT2D eigenvalue weighted by Gasteiger charge is 2.38. The molecular formula is C68H67Cl3F15N7O8S4. The van der Waals surface area contributed by atoms with Crippen LogP contribution in [0.15, 0.2) is 104 Å². The van der Waals surface area contributed by atoms with E-state index in [0.717, 1.165) is 43.9 Å². The molecule has 0 aliphatic carbocycles. The molecule has 9 heterocycles. The molecular weight excluding hydrogens is 1560 g/mol. The molecule has 572 valence electrons. The predicted molar refractivity (Wildman–Crippen MR) is 381 cm³/mol. The molecule has 3 aliphatic heterocycles. The predicted octanol–water partition coefficient (Wildman–Crippen LogP) is 16.6. The third-order valence-electron chi connectivity index (χ3n) is 16.5. The van der Waals surface area contributed by atoms with E-state index >= 15 is 0 Å². The Balaban J connectivity index is 0.000000237. The van der Waals surface area contributed by atoms with E-state index in [9.17, 15) is 99.7 Å². The Morgan fingerprint density at radius 1 is 0.514 bits per heavy atom. The fraction of sp³-hybridized carbons (Fsp3) is 0.382. The number of benzene rings is 3. The lowest BCUT2D eigenvalue weighted by Gasteiger charge is -2.18. The minimum Gasteiger partial charge on any atom is -0.392 e. The largest absolute Gasteiger partial charge is 0.419 e. The number of amides is 3. The fourth-order valence-electron chi connectivity index (χ4n) is 11.7. The topological polar surface area (TPSA) is 167 Å². The number of hydrogen-bond acceptors (Lipinski definition) is 12. The zero-order chi connectivity index (χ0) is 74.8. The van der Waals surface area contributed by atoms with E-state index < -0.39 is 128 Å². The molecule has 3 amide bonds. The molecule has 1 N–H and O–H groups in total. The third-order valence-corrected chi connectivity index (χ3v) is 20.0. The van der Waals surface area contributed by atoms with Gasteiger partial charge in [0.15, 0.2) is 0 Å².